The minimum Gasteiger partial charge on any atom is -0.354 e. The van der Waals surface area contributed by atoms with E-state index < -0.39 is 0 Å². The summed E-state index contributed by atoms with van der Waals surface area (Å²) >= 11 is 3.01. The van der Waals surface area contributed by atoms with Crippen molar-refractivity contribution in [3.8, 4) is 0 Å². The lowest BCUT2D eigenvalue weighted by atomic mass is 10.2. The van der Waals surface area contributed by atoms with Gasteiger partial charge in [0, 0.05) is 18.0 Å². The number of thiophene rings is 1. The van der Waals surface area contributed by atoms with E-state index in [1.807, 2.05) is 39.8 Å². The lowest BCUT2D eigenvalue weighted by Gasteiger charge is -2.14. The molecule has 1 amide bonds. The van der Waals surface area contributed by atoms with Crippen LogP contribution in [0, 0.1) is 13.8 Å². The fourth-order valence-corrected chi connectivity index (χ4v) is 4.02. The first-order chi connectivity index (χ1) is 11.3. The molecule has 2 aromatic rings. The van der Waals surface area contributed by atoms with Crippen LogP contribution in [0.15, 0.2) is 4.79 Å². The van der Waals surface area contributed by atoms with E-state index in [0.29, 0.717) is 23.5 Å². The van der Waals surface area contributed by atoms with E-state index in [2.05, 4.69) is 15.3 Å². The first-order valence-corrected chi connectivity index (χ1v) is 9.69. The van der Waals surface area contributed by atoms with Crippen molar-refractivity contribution in [3.05, 3.63) is 26.6 Å². The number of thioether (sulfide) groups is 1. The molecule has 0 radical (unpaired) electrons. The molecule has 1 atom stereocenters. The summed E-state index contributed by atoms with van der Waals surface area (Å²) < 4.78 is 0. The predicted molar refractivity (Wildman–Crippen MR) is 102 cm³/mol. The maximum atomic E-state index is 12.2. The van der Waals surface area contributed by atoms with Crippen molar-refractivity contribution >= 4 is 39.2 Å². The van der Waals surface area contributed by atoms with Crippen LogP contribution in [0.3, 0.4) is 0 Å². The second-order valence-corrected chi connectivity index (χ2v) is 8.56. The van der Waals surface area contributed by atoms with Crippen molar-refractivity contribution < 1.29 is 4.79 Å². The Morgan fingerprint density at radius 3 is 2.79 bits per heavy atom. The van der Waals surface area contributed by atoms with Crippen molar-refractivity contribution in [3.63, 3.8) is 0 Å². The van der Waals surface area contributed by atoms with Crippen molar-refractivity contribution in [2.24, 2.45) is 0 Å². The van der Waals surface area contributed by atoms with Crippen LogP contribution in [0.5, 0.6) is 0 Å². The van der Waals surface area contributed by atoms with Crippen LogP contribution < -0.4 is 10.9 Å². The Morgan fingerprint density at radius 1 is 1.42 bits per heavy atom. The van der Waals surface area contributed by atoms with Gasteiger partial charge in [-0.25, -0.2) is 4.98 Å². The zero-order chi connectivity index (χ0) is 17.9. The van der Waals surface area contributed by atoms with Crippen LogP contribution in [-0.4, -0.2) is 53.2 Å². The van der Waals surface area contributed by atoms with Gasteiger partial charge < -0.3 is 15.2 Å². The number of carbonyl (C=O) groups is 1. The molecule has 8 heteroatoms. The highest BCUT2D eigenvalue weighted by Crippen LogP contribution is 2.26. The first kappa shape index (κ1) is 19.0. The minimum absolute atomic E-state index is 0.00749. The number of hydrogen-bond donors (Lipinski definition) is 2. The zero-order valence-corrected chi connectivity index (χ0v) is 16.4. The summed E-state index contributed by atoms with van der Waals surface area (Å²) in [6.45, 7) is 7.25. The average molecular weight is 369 g/mol. The van der Waals surface area contributed by atoms with E-state index >= 15 is 0 Å². The highest BCUT2D eigenvalue weighted by Gasteiger charge is 2.15. The van der Waals surface area contributed by atoms with E-state index in [4.69, 9.17) is 0 Å². The second kappa shape index (κ2) is 8.13. The first-order valence-electron chi connectivity index (χ1n) is 7.82. The van der Waals surface area contributed by atoms with Crippen LogP contribution in [-0.2, 0) is 10.5 Å². The molecular weight excluding hydrogens is 344 g/mol. The summed E-state index contributed by atoms with van der Waals surface area (Å²) in [5.41, 5.74) is 0.900. The molecule has 0 saturated carbocycles. The summed E-state index contributed by atoms with van der Waals surface area (Å²) in [4.78, 5) is 35.5. The highest BCUT2D eigenvalue weighted by molar-refractivity contribution is 7.99. The predicted octanol–water partition coefficient (Wildman–Crippen LogP) is 1.90. The van der Waals surface area contributed by atoms with Gasteiger partial charge in [-0.05, 0) is 40.4 Å². The van der Waals surface area contributed by atoms with Gasteiger partial charge in [-0.1, -0.05) is 0 Å². The number of aromatic amines is 1. The van der Waals surface area contributed by atoms with E-state index in [9.17, 15) is 9.59 Å². The minimum atomic E-state index is -0.194. The normalized spacial score (nSPS) is 12.8. The number of aryl methyl sites for hydroxylation is 2. The van der Waals surface area contributed by atoms with Gasteiger partial charge in [0.1, 0.15) is 10.7 Å². The standard InChI is InChI=1S/C16H24N4O2S2/c1-9-10(2)24-16-13(9)15(22)18-12(19-16)8-23-11(3)14(21)17-6-7-20(4)5/h11H,6-8H2,1-5H3,(H,17,21)(H,18,19,22). The summed E-state index contributed by atoms with van der Waals surface area (Å²) in [6.07, 6.45) is 0. The third-order valence-corrected chi connectivity index (χ3v) is 6.04. The van der Waals surface area contributed by atoms with Crippen LogP contribution in [0.4, 0.5) is 0 Å². The van der Waals surface area contributed by atoms with Crippen LogP contribution in [0.25, 0.3) is 10.2 Å². The highest BCUT2D eigenvalue weighted by atomic mass is 32.2. The number of nitrogens with zero attached hydrogens (tertiary/aromatic N) is 2. The molecule has 0 bridgehead atoms. The molecular formula is C16H24N4O2S2. The molecule has 0 aromatic carbocycles. The number of aromatic nitrogens is 2. The second-order valence-electron chi connectivity index (χ2n) is 6.02. The average Bonchev–Trinajstić information content (AvgIpc) is 2.79. The SMILES string of the molecule is Cc1sc2nc(CSC(C)C(=O)NCCN(C)C)[nH]c(=O)c2c1C. The Hall–Kier alpha value is -1.38. The monoisotopic (exact) mass is 368 g/mol. The molecule has 2 rings (SSSR count). The number of hydrogen-bond acceptors (Lipinski definition) is 6. The summed E-state index contributed by atoms with van der Waals surface area (Å²) in [5.74, 6) is 1.13. The largest absolute Gasteiger partial charge is 0.354 e. The molecule has 0 saturated heterocycles. The molecule has 132 valence electrons. The summed E-state index contributed by atoms with van der Waals surface area (Å²) in [7, 11) is 3.94. The van der Waals surface area contributed by atoms with Gasteiger partial charge in [0.2, 0.25) is 5.91 Å². The van der Waals surface area contributed by atoms with Gasteiger partial charge in [0.25, 0.3) is 5.56 Å². The smallest absolute Gasteiger partial charge is 0.259 e. The fraction of sp³-hybridized carbons (Fsp3) is 0.562. The number of H-pyrrole nitrogens is 1. The molecule has 0 fully saturated rings. The van der Waals surface area contributed by atoms with E-state index in [-0.39, 0.29) is 16.7 Å². The molecule has 1 unspecified atom stereocenters. The number of carbonyl (C=O) groups excluding carboxylic acids is 1. The number of nitrogens with one attached hydrogen (secondary N) is 2. The van der Waals surface area contributed by atoms with Crippen LogP contribution in [0.1, 0.15) is 23.2 Å². The van der Waals surface area contributed by atoms with Crippen molar-refractivity contribution in [2.75, 3.05) is 27.2 Å². The van der Waals surface area contributed by atoms with Crippen molar-refractivity contribution in [1.29, 1.82) is 0 Å². The topological polar surface area (TPSA) is 78.1 Å². The maximum absolute atomic E-state index is 12.2. The Labute approximate surface area is 150 Å². The van der Waals surface area contributed by atoms with Crippen molar-refractivity contribution in [1.82, 2.24) is 20.2 Å². The lowest BCUT2D eigenvalue weighted by Crippen LogP contribution is -2.36. The summed E-state index contributed by atoms with van der Waals surface area (Å²) in [5, 5.41) is 3.40. The number of amides is 1. The van der Waals surface area contributed by atoms with Gasteiger partial charge in [-0.2, -0.15) is 0 Å². The van der Waals surface area contributed by atoms with E-state index in [1.165, 1.54) is 23.1 Å². The Bertz CT molecular complexity index is 782. The number of rotatable bonds is 7. The molecule has 6 nitrogen and oxygen atoms in total. The number of fused-ring (bicyclic) bond motifs is 1. The molecule has 2 N–H and O–H groups in total. The zero-order valence-electron chi connectivity index (χ0n) is 14.7. The Morgan fingerprint density at radius 2 is 2.12 bits per heavy atom. The van der Waals surface area contributed by atoms with Gasteiger partial charge in [-0.3, -0.25) is 9.59 Å². The van der Waals surface area contributed by atoms with Crippen LogP contribution in [0.2, 0.25) is 0 Å². The number of likely N-dealkylation sites (N-methyl/N-ethyl adjacent to an activating group) is 1. The van der Waals surface area contributed by atoms with E-state index in [0.717, 1.165) is 21.8 Å². The van der Waals surface area contributed by atoms with Gasteiger partial charge in [-0.15, -0.1) is 23.1 Å². The van der Waals surface area contributed by atoms with Crippen molar-refractivity contribution in [2.45, 2.75) is 31.8 Å². The van der Waals surface area contributed by atoms with Gasteiger partial charge in [0.05, 0.1) is 16.4 Å². The Balaban J connectivity index is 1.98. The third-order valence-electron chi connectivity index (χ3n) is 3.79. The summed E-state index contributed by atoms with van der Waals surface area (Å²) in [6, 6.07) is 0. The quantitative estimate of drug-likeness (QED) is 0.780. The third kappa shape index (κ3) is 4.58. The fourth-order valence-electron chi connectivity index (χ4n) is 2.19. The van der Waals surface area contributed by atoms with Gasteiger partial charge >= 0.3 is 0 Å². The maximum Gasteiger partial charge on any atom is 0.259 e. The van der Waals surface area contributed by atoms with Crippen LogP contribution >= 0.6 is 23.1 Å². The molecule has 24 heavy (non-hydrogen) atoms. The molecule has 0 spiro atoms. The Kier molecular flexibility index (Phi) is 6.42. The van der Waals surface area contributed by atoms with Gasteiger partial charge in [0.15, 0.2) is 0 Å². The molecule has 2 aromatic heterocycles. The molecule has 2 heterocycles. The lowest BCUT2D eigenvalue weighted by molar-refractivity contribution is -0.120. The molecule has 0 aliphatic heterocycles. The van der Waals surface area contributed by atoms with E-state index in [1.54, 1.807) is 0 Å². The molecule has 0 aliphatic rings. The molecule has 0 aliphatic carbocycles.